The number of pyridine rings is 2. The number of nitrogens with one attached hydrogen (secondary N) is 3. The van der Waals surface area contributed by atoms with E-state index in [1.54, 1.807) is 24.4 Å². The van der Waals surface area contributed by atoms with E-state index in [2.05, 4.69) is 27.5 Å². The lowest BCUT2D eigenvalue weighted by Crippen LogP contribution is -2.36. The third kappa shape index (κ3) is 3.99. The van der Waals surface area contributed by atoms with E-state index in [0.717, 1.165) is 19.3 Å². The fourth-order valence-electron chi connectivity index (χ4n) is 3.38. The molecule has 1 saturated carbocycles. The van der Waals surface area contributed by atoms with E-state index in [0.29, 0.717) is 33.9 Å². The maximum Gasteiger partial charge on any atom is 0.320 e. The van der Waals surface area contributed by atoms with Crippen molar-refractivity contribution in [2.24, 2.45) is 11.7 Å². The fourth-order valence-corrected chi connectivity index (χ4v) is 3.38. The van der Waals surface area contributed by atoms with E-state index in [9.17, 15) is 4.79 Å². The number of fused-ring (bicyclic) bond motifs is 1. The number of hydrogen-bond donors (Lipinski definition) is 4. The van der Waals surface area contributed by atoms with Crippen LogP contribution in [0.25, 0.3) is 16.6 Å². The average Bonchev–Trinajstić information content (AvgIpc) is 3.10. The zero-order valence-electron chi connectivity index (χ0n) is 14.8. The van der Waals surface area contributed by atoms with Gasteiger partial charge in [0, 0.05) is 35.8 Å². The summed E-state index contributed by atoms with van der Waals surface area (Å²) in [6.07, 6.45) is 8.59. The van der Waals surface area contributed by atoms with E-state index in [4.69, 9.17) is 11.1 Å². The summed E-state index contributed by atoms with van der Waals surface area (Å²) in [5.74, 6) is 1.18. The number of carbonyl (C=O) groups excluding carboxylic acids is 1. The van der Waals surface area contributed by atoms with Gasteiger partial charge < -0.3 is 16.5 Å². The quantitative estimate of drug-likeness (QED) is 0.618. The van der Waals surface area contributed by atoms with Gasteiger partial charge in [-0.05, 0) is 43.4 Å². The summed E-state index contributed by atoms with van der Waals surface area (Å²) in [5.41, 5.74) is 8.14. The van der Waals surface area contributed by atoms with Crippen molar-refractivity contribution in [3.8, 4) is 0 Å². The number of rotatable bonds is 5. The Bertz CT molecular complexity index is 847. The molecule has 136 valence electrons. The van der Waals surface area contributed by atoms with Gasteiger partial charge in [0.2, 0.25) is 0 Å². The van der Waals surface area contributed by atoms with Crippen molar-refractivity contribution in [2.75, 3.05) is 5.32 Å². The number of anilines is 1. The van der Waals surface area contributed by atoms with Gasteiger partial charge in [0.1, 0.15) is 5.82 Å². The molecule has 2 aromatic rings. The highest BCUT2D eigenvalue weighted by Crippen LogP contribution is 2.27. The molecule has 0 radical (unpaired) electrons. The second-order valence-electron chi connectivity index (χ2n) is 6.61. The first-order valence-electron chi connectivity index (χ1n) is 8.90. The Balaban J connectivity index is 1.71. The van der Waals surface area contributed by atoms with Crippen LogP contribution in [-0.4, -0.2) is 28.3 Å². The van der Waals surface area contributed by atoms with Crippen LogP contribution in [0, 0.1) is 11.3 Å². The summed E-state index contributed by atoms with van der Waals surface area (Å²) < 4.78 is 0. The second kappa shape index (κ2) is 7.95. The van der Waals surface area contributed by atoms with Crippen molar-refractivity contribution in [2.45, 2.75) is 38.6 Å². The highest BCUT2D eigenvalue weighted by Gasteiger charge is 2.24. The number of amides is 2. The number of allylic oxidation sites excluding steroid dienone is 1. The Kier molecular flexibility index (Phi) is 5.46. The minimum Gasteiger partial charge on any atom is -0.404 e. The largest absolute Gasteiger partial charge is 0.404 e. The van der Waals surface area contributed by atoms with E-state index in [1.807, 2.05) is 0 Å². The molecule has 0 bridgehead atoms. The van der Waals surface area contributed by atoms with Gasteiger partial charge in [0.25, 0.3) is 0 Å². The minimum absolute atomic E-state index is 0.232. The Morgan fingerprint density at radius 2 is 2.23 bits per heavy atom. The van der Waals surface area contributed by atoms with Crippen LogP contribution in [0.5, 0.6) is 0 Å². The Labute approximate surface area is 152 Å². The highest BCUT2D eigenvalue weighted by atomic mass is 16.2. The zero-order valence-corrected chi connectivity index (χ0v) is 14.8. The summed E-state index contributed by atoms with van der Waals surface area (Å²) in [6.45, 7) is 2.19. The minimum atomic E-state index is -0.232. The average molecular weight is 352 g/mol. The molecule has 0 spiro atoms. The first-order valence-corrected chi connectivity index (χ1v) is 8.90. The van der Waals surface area contributed by atoms with Gasteiger partial charge in [-0.25, -0.2) is 9.78 Å². The van der Waals surface area contributed by atoms with Crippen LogP contribution >= 0.6 is 0 Å². The highest BCUT2D eigenvalue weighted by molar-refractivity contribution is 6.08. The Hall–Kier alpha value is -2.96. The van der Waals surface area contributed by atoms with Gasteiger partial charge >= 0.3 is 6.03 Å². The standard InChI is InChI=1S/C19H24N6O/c1-2-12-3-4-15(7-12)23-19(26)25-18-6-5-16-17(24-18)8-13(11-22-16)14(9-20)10-21/h5-6,8-12,15,20H,2-4,7,21H2,1H3,(H2,23,24,25,26)/b14-10+,20-9?/t12-,15-/m1/s1. The second-order valence-corrected chi connectivity index (χ2v) is 6.61. The molecule has 1 aliphatic rings. The molecule has 2 heterocycles. The first-order chi connectivity index (χ1) is 12.6. The lowest BCUT2D eigenvalue weighted by atomic mass is 10.1. The number of nitrogens with zero attached hydrogens (tertiary/aromatic N) is 2. The SMILES string of the molecule is CC[C@@H]1CC[C@@H](NC(=O)Nc2ccc3ncc(/C(C=N)=C/N)cc3n2)C1. The number of urea groups is 1. The normalized spacial score (nSPS) is 20.1. The molecule has 2 atom stereocenters. The van der Waals surface area contributed by atoms with Crippen LogP contribution in [0.3, 0.4) is 0 Å². The lowest BCUT2D eigenvalue weighted by molar-refractivity contribution is 0.248. The van der Waals surface area contributed by atoms with Crippen LogP contribution in [0.2, 0.25) is 0 Å². The molecule has 26 heavy (non-hydrogen) atoms. The van der Waals surface area contributed by atoms with Crippen molar-refractivity contribution in [1.82, 2.24) is 15.3 Å². The Morgan fingerprint density at radius 1 is 1.38 bits per heavy atom. The van der Waals surface area contributed by atoms with E-state index >= 15 is 0 Å². The molecule has 1 aliphatic carbocycles. The van der Waals surface area contributed by atoms with E-state index in [1.165, 1.54) is 18.8 Å². The fraction of sp³-hybridized carbons (Fsp3) is 0.368. The molecular formula is C19H24N6O. The molecule has 0 aliphatic heterocycles. The summed E-state index contributed by atoms with van der Waals surface area (Å²) in [5, 5.41) is 13.2. The van der Waals surface area contributed by atoms with Gasteiger partial charge in [-0.2, -0.15) is 0 Å². The third-order valence-corrected chi connectivity index (χ3v) is 4.90. The molecule has 0 unspecified atom stereocenters. The summed E-state index contributed by atoms with van der Waals surface area (Å²) in [7, 11) is 0. The molecule has 5 N–H and O–H groups in total. The molecule has 7 nitrogen and oxygen atoms in total. The number of carbonyl (C=O) groups is 1. The topological polar surface area (TPSA) is 117 Å². The van der Waals surface area contributed by atoms with Crippen LogP contribution < -0.4 is 16.4 Å². The summed E-state index contributed by atoms with van der Waals surface area (Å²) in [4.78, 5) is 21.0. The molecule has 0 aromatic carbocycles. The predicted octanol–water partition coefficient (Wildman–Crippen LogP) is 3.28. The predicted molar refractivity (Wildman–Crippen MR) is 104 cm³/mol. The molecule has 7 heteroatoms. The maximum atomic E-state index is 12.2. The van der Waals surface area contributed by atoms with Gasteiger partial charge in [0.15, 0.2) is 0 Å². The zero-order chi connectivity index (χ0) is 18.5. The monoisotopic (exact) mass is 352 g/mol. The smallest absolute Gasteiger partial charge is 0.320 e. The van der Waals surface area contributed by atoms with Crippen molar-refractivity contribution >= 4 is 34.7 Å². The van der Waals surface area contributed by atoms with Crippen LogP contribution in [-0.2, 0) is 0 Å². The number of hydrogen-bond acceptors (Lipinski definition) is 5. The number of aromatic nitrogens is 2. The van der Waals surface area contributed by atoms with Crippen molar-refractivity contribution in [1.29, 1.82) is 5.41 Å². The summed E-state index contributed by atoms with van der Waals surface area (Å²) in [6, 6.07) is 5.34. The van der Waals surface area contributed by atoms with Gasteiger partial charge in [-0.15, -0.1) is 0 Å². The summed E-state index contributed by atoms with van der Waals surface area (Å²) >= 11 is 0. The van der Waals surface area contributed by atoms with Crippen molar-refractivity contribution in [3.63, 3.8) is 0 Å². The molecule has 2 aromatic heterocycles. The molecule has 2 amide bonds. The maximum absolute atomic E-state index is 12.2. The van der Waals surface area contributed by atoms with Crippen LogP contribution in [0.1, 0.15) is 38.2 Å². The number of nitrogens with two attached hydrogens (primary N) is 1. The van der Waals surface area contributed by atoms with Crippen LogP contribution in [0.15, 0.2) is 30.6 Å². The third-order valence-electron chi connectivity index (χ3n) is 4.90. The molecular weight excluding hydrogens is 328 g/mol. The molecule has 0 saturated heterocycles. The molecule has 1 fully saturated rings. The van der Waals surface area contributed by atoms with Crippen LogP contribution in [0.4, 0.5) is 10.6 Å². The molecule has 3 rings (SSSR count). The van der Waals surface area contributed by atoms with Crippen molar-refractivity contribution in [3.05, 3.63) is 36.2 Å². The van der Waals surface area contributed by atoms with E-state index < -0.39 is 0 Å². The van der Waals surface area contributed by atoms with Gasteiger partial charge in [0.05, 0.1) is 11.0 Å². The first kappa shape index (κ1) is 17.8. The lowest BCUT2D eigenvalue weighted by Gasteiger charge is -2.13. The van der Waals surface area contributed by atoms with E-state index in [-0.39, 0.29) is 12.1 Å². The van der Waals surface area contributed by atoms with Gasteiger partial charge in [-0.1, -0.05) is 13.3 Å². The van der Waals surface area contributed by atoms with Crippen molar-refractivity contribution < 1.29 is 4.79 Å². The Morgan fingerprint density at radius 3 is 2.92 bits per heavy atom. The van der Waals surface area contributed by atoms with Gasteiger partial charge in [-0.3, -0.25) is 10.3 Å².